The number of hydrogen-bond acceptors (Lipinski definition) is 3. The van der Waals surface area contributed by atoms with Crippen molar-refractivity contribution in [2.45, 2.75) is 34.6 Å². The summed E-state index contributed by atoms with van der Waals surface area (Å²) >= 11 is 76.8. The van der Waals surface area contributed by atoms with Crippen molar-refractivity contribution in [2.24, 2.45) is 17.8 Å². The standard InChI is InChI=1S/C17H8Cl12O4/c18-6-7(19)13(23)3(1-12(6,22)16(13,26)27)2-33-11(32)5-4(10(30)31)14(24)8(20)9(21)15(5,25)17(14,28)29/h3-5H,1-2H2,(H,30,31)/t3-,4-,5+,12+,13-,14+,15+/m1/s1. The molecule has 4 rings (SSSR count). The van der Waals surface area contributed by atoms with Crippen molar-refractivity contribution in [1.29, 1.82) is 0 Å². The van der Waals surface area contributed by atoms with Gasteiger partial charge in [-0.1, -0.05) is 92.8 Å². The molecule has 0 aromatic rings. The number of carboxylic acids is 1. The van der Waals surface area contributed by atoms with E-state index in [-0.39, 0.29) is 26.5 Å². The van der Waals surface area contributed by atoms with E-state index >= 15 is 0 Å². The number of carbonyl (C=O) groups excluding carboxylic acids is 1. The molecule has 16 heteroatoms. The first-order valence-electron chi connectivity index (χ1n) is 8.84. The molecule has 184 valence electrons. The number of alkyl halides is 8. The lowest BCUT2D eigenvalue weighted by molar-refractivity contribution is -0.158. The van der Waals surface area contributed by atoms with E-state index in [0.717, 1.165) is 0 Å². The van der Waals surface area contributed by atoms with Crippen LogP contribution in [0.4, 0.5) is 0 Å². The average molecular weight is 702 g/mol. The van der Waals surface area contributed by atoms with Gasteiger partial charge in [-0.05, 0) is 6.42 Å². The second kappa shape index (κ2) is 7.96. The van der Waals surface area contributed by atoms with E-state index in [0.29, 0.717) is 0 Å². The molecule has 4 aliphatic rings. The van der Waals surface area contributed by atoms with Crippen LogP contribution in [0.3, 0.4) is 0 Å². The van der Waals surface area contributed by atoms with E-state index in [1.807, 2.05) is 0 Å². The lowest BCUT2D eigenvalue weighted by atomic mass is 9.82. The van der Waals surface area contributed by atoms with Gasteiger partial charge in [0.1, 0.15) is 19.5 Å². The number of carbonyl (C=O) groups is 2. The molecule has 0 aliphatic heterocycles. The fourth-order valence-corrected chi connectivity index (χ4v) is 10.8. The Morgan fingerprint density at radius 2 is 1.21 bits per heavy atom. The maximum Gasteiger partial charge on any atom is 0.312 e. The number of allylic oxidation sites excluding steroid dienone is 4. The van der Waals surface area contributed by atoms with Crippen LogP contribution in [-0.4, -0.2) is 51.8 Å². The Kier molecular flexibility index (Phi) is 6.73. The molecule has 2 saturated carbocycles. The number of hydrogen-bond donors (Lipinski definition) is 1. The Balaban J connectivity index is 1.66. The lowest BCUT2D eigenvalue weighted by Crippen LogP contribution is -2.47. The summed E-state index contributed by atoms with van der Waals surface area (Å²) in [4.78, 5) is 17.7. The van der Waals surface area contributed by atoms with Crippen molar-refractivity contribution in [3.8, 4) is 0 Å². The first-order chi connectivity index (χ1) is 14.8. The molecule has 33 heavy (non-hydrogen) atoms. The molecule has 0 saturated heterocycles. The number of ether oxygens (including phenoxy) is 1. The van der Waals surface area contributed by atoms with Gasteiger partial charge in [-0.2, -0.15) is 0 Å². The van der Waals surface area contributed by atoms with Crippen molar-refractivity contribution in [3.63, 3.8) is 0 Å². The van der Waals surface area contributed by atoms with Crippen LogP contribution in [0.25, 0.3) is 0 Å². The predicted octanol–water partition coefficient (Wildman–Crippen LogP) is 7.54. The number of halogens is 12. The maximum atomic E-state index is 13.2. The van der Waals surface area contributed by atoms with Gasteiger partial charge in [-0.15, -0.1) is 46.4 Å². The monoisotopic (exact) mass is 696 g/mol. The summed E-state index contributed by atoms with van der Waals surface area (Å²) in [5.41, 5.74) is 0. The Hall–Kier alpha value is 1.90. The van der Waals surface area contributed by atoms with Crippen molar-refractivity contribution >= 4 is 151 Å². The molecule has 0 heterocycles. The fraction of sp³-hybridized carbons (Fsp3) is 0.647. The highest BCUT2D eigenvalue weighted by Crippen LogP contribution is 2.77. The van der Waals surface area contributed by atoms with Gasteiger partial charge in [0.05, 0.1) is 38.6 Å². The SMILES string of the molecule is O=C(OC[C@H]1C[C@]2(Cl)C(Cl)=C(Cl)[C@@]1(Cl)C2(Cl)Cl)[C@@H]1[C@H](C(=O)O)[C@]2(Cl)C(Cl)=C(Cl)[C@]1(Cl)C2(Cl)Cl. The third-order valence-electron chi connectivity index (χ3n) is 6.79. The Bertz CT molecular complexity index is 1060. The minimum atomic E-state index is -2.27. The zero-order valence-corrected chi connectivity index (χ0v) is 24.4. The zero-order valence-electron chi connectivity index (χ0n) is 15.4. The minimum Gasteiger partial charge on any atom is -0.481 e. The second-order valence-corrected chi connectivity index (χ2v) is 14.8. The fourth-order valence-electron chi connectivity index (χ4n) is 5.07. The first-order valence-corrected chi connectivity index (χ1v) is 13.4. The van der Waals surface area contributed by atoms with Gasteiger partial charge in [0.2, 0.25) is 0 Å². The highest BCUT2D eigenvalue weighted by Gasteiger charge is 2.86. The number of aliphatic carboxylic acids is 1. The van der Waals surface area contributed by atoms with Crippen LogP contribution in [0.15, 0.2) is 20.1 Å². The summed E-state index contributed by atoms with van der Waals surface area (Å²) in [6.07, 6.45) is -0.00663. The molecule has 4 nitrogen and oxygen atoms in total. The van der Waals surface area contributed by atoms with Crippen LogP contribution in [-0.2, 0) is 14.3 Å². The van der Waals surface area contributed by atoms with Crippen LogP contribution in [0.5, 0.6) is 0 Å². The highest BCUT2D eigenvalue weighted by molar-refractivity contribution is 6.67. The smallest absolute Gasteiger partial charge is 0.312 e. The van der Waals surface area contributed by atoms with E-state index in [9.17, 15) is 14.7 Å². The van der Waals surface area contributed by atoms with Gasteiger partial charge in [0, 0.05) is 5.92 Å². The topological polar surface area (TPSA) is 63.6 Å². The van der Waals surface area contributed by atoms with Crippen LogP contribution in [0.2, 0.25) is 0 Å². The molecule has 0 radical (unpaired) electrons. The Labute approximate surface area is 247 Å². The van der Waals surface area contributed by atoms with Crippen LogP contribution in [0.1, 0.15) is 6.42 Å². The van der Waals surface area contributed by atoms with Crippen molar-refractivity contribution in [3.05, 3.63) is 20.1 Å². The van der Waals surface area contributed by atoms with E-state index in [1.54, 1.807) is 0 Å². The summed E-state index contributed by atoms with van der Waals surface area (Å²) in [5.74, 6) is -6.98. The summed E-state index contributed by atoms with van der Waals surface area (Å²) in [5, 5.41) is 8.99. The molecule has 2 fully saturated rings. The van der Waals surface area contributed by atoms with E-state index in [4.69, 9.17) is 144 Å². The molecule has 4 bridgehead atoms. The van der Waals surface area contributed by atoms with Gasteiger partial charge in [-0.25, -0.2) is 0 Å². The summed E-state index contributed by atoms with van der Waals surface area (Å²) in [6.45, 7) is -0.434. The Morgan fingerprint density at radius 3 is 1.64 bits per heavy atom. The molecule has 0 amide bonds. The molecule has 0 unspecified atom stereocenters. The second-order valence-electron chi connectivity index (χ2n) is 8.17. The third kappa shape index (κ3) is 2.86. The maximum absolute atomic E-state index is 13.2. The number of fused-ring (bicyclic) bond motifs is 4. The Morgan fingerprint density at radius 1 is 0.758 bits per heavy atom. The van der Waals surface area contributed by atoms with Crippen LogP contribution >= 0.6 is 139 Å². The normalized spacial score (nSPS) is 47.0. The minimum absolute atomic E-state index is 0.00663. The van der Waals surface area contributed by atoms with E-state index < -0.39 is 64.5 Å². The summed E-state index contributed by atoms with van der Waals surface area (Å²) in [7, 11) is 0. The van der Waals surface area contributed by atoms with Crippen molar-refractivity contribution in [1.82, 2.24) is 0 Å². The van der Waals surface area contributed by atoms with Gasteiger partial charge >= 0.3 is 11.9 Å². The largest absolute Gasteiger partial charge is 0.481 e. The van der Waals surface area contributed by atoms with Gasteiger partial charge in [-0.3, -0.25) is 9.59 Å². The number of carboxylic acid groups (broad SMARTS) is 1. The van der Waals surface area contributed by atoms with Crippen molar-refractivity contribution < 1.29 is 19.4 Å². The van der Waals surface area contributed by atoms with Gasteiger partial charge in [0.25, 0.3) is 0 Å². The molecule has 0 aromatic carbocycles. The third-order valence-corrected chi connectivity index (χ3v) is 15.4. The summed E-state index contributed by atoms with van der Waals surface area (Å²) in [6, 6.07) is 0. The molecule has 7 atom stereocenters. The molecular weight excluding hydrogens is 694 g/mol. The van der Waals surface area contributed by atoms with Crippen molar-refractivity contribution in [2.75, 3.05) is 6.61 Å². The predicted molar refractivity (Wildman–Crippen MR) is 134 cm³/mol. The summed E-state index contributed by atoms with van der Waals surface area (Å²) < 4.78 is 1.29. The number of esters is 1. The first kappa shape index (κ1) is 27.9. The van der Waals surface area contributed by atoms with Gasteiger partial charge in [0.15, 0.2) is 8.67 Å². The molecule has 1 N–H and O–H groups in total. The van der Waals surface area contributed by atoms with E-state index in [2.05, 4.69) is 0 Å². The molecule has 0 spiro atoms. The van der Waals surface area contributed by atoms with Gasteiger partial charge < -0.3 is 9.84 Å². The molecule has 0 aromatic heterocycles. The lowest BCUT2D eigenvalue weighted by Gasteiger charge is -2.35. The quantitative estimate of drug-likeness (QED) is 0.243. The highest BCUT2D eigenvalue weighted by atomic mass is 35.5. The molecular formula is C17H8Cl12O4. The molecule has 4 aliphatic carbocycles. The van der Waals surface area contributed by atoms with Crippen LogP contribution < -0.4 is 0 Å². The average Bonchev–Trinajstić information content (AvgIpc) is 3.06. The number of rotatable bonds is 4. The zero-order chi connectivity index (χ0) is 25.3. The van der Waals surface area contributed by atoms with E-state index in [1.165, 1.54) is 0 Å². The van der Waals surface area contributed by atoms with Crippen LogP contribution in [0, 0.1) is 17.8 Å².